The molecule has 3 aromatic rings. The molecule has 0 radical (unpaired) electrons. The summed E-state index contributed by atoms with van der Waals surface area (Å²) in [6.07, 6.45) is 0. The van der Waals surface area contributed by atoms with E-state index < -0.39 is 5.56 Å². The number of aromatic amines is 1. The topological polar surface area (TPSA) is 75.1 Å². The average molecular weight is 360 g/mol. The Hall–Kier alpha value is -3.52. The number of ether oxygens (including phenoxy) is 2. The largest absolute Gasteiger partial charge is 0.493 e. The van der Waals surface area contributed by atoms with E-state index in [1.807, 2.05) is 43.3 Å². The number of hydrogen-bond donors (Lipinski definition) is 1. The molecule has 0 aliphatic heterocycles. The molecule has 0 aliphatic carbocycles. The SMILES string of the molecule is COc1cc(-c2cc(C)[nH]c(=O)c2C#N)ccc1OCc1ccccc1C. The number of H-pyrrole nitrogens is 1. The molecule has 27 heavy (non-hydrogen) atoms. The Morgan fingerprint density at radius 2 is 1.85 bits per heavy atom. The molecule has 1 N–H and O–H groups in total. The van der Waals surface area contributed by atoms with E-state index in [4.69, 9.17) is 9.47 Å². The molecule has 1 aromatic heterocycles. The summed E-state index contributed by atoms with van der Waals surface area (Å²) in [5.74, 6) is 1.15. The van der Waals surface area contributed by atoms with Crippen LogP contribution in [0.15, 0.2) is 53.3 Å². The van der Waals surface area contributed by atoms with Crippen molar-refractivity contribution in [1.82, 2.24) is 4.98 Å². The second-order valence-corrected chi connectivity index (χ2v) is 6.26. The van der Waals surface area contributed by atoms with Crippen LogP contribution in [0.2, 0.25) is 0 Å². The minimum atomic E-state index is -0.397. The van der Waals surface area contributed by atoms with Crippen LogP contribution in [-0.4, -0.2) is 12.1 Å². The molecule has 2 aromatic carbocycles. The lowest BCUT2D eigenvalue weighted by molar-refractivity contribution is 0.284. The Bertz CT molecular complexity index is 1080. The van der Waals surface area contributed by atoms with Gasteiger partial charge in [0.1, 0.15) is 18.2 Å². The fraction of sp³-hybridized carbons (Fsp3) is 0.182. The van der Waals surface area contributed by atoms with E-state index in [-0.39, 0.29) is 5.56 Å². The molecule has 0 spiro atoms. The number of aryl methyl sites for hydroxylation is 2. The van der Waals surface area contributed by atoms with Gasteiger partial charge in [0.05, 0.1) is 7.11 Å². The van der Waals surface area contributed by atoms with Gasteiger partial charge in [-0.1, -0.05) is 30.3 Å². The first kappa shape index (κ1) is 18.3. The van der Waals surface area contributed by atoms with Gasteiger partial charge >= 0.3 is 0 Å². The van der Waals surface area contributed by atoms with Crippen LogP contribution in [-0.2, 0) is 6.61 Å². The number of nitrogens with zero attached hydrogens (tertiary/aromatic N) is 1. The molecule has 1 heterocycles. The molecular weight excluding hydrogens is 340 g/mol. The van der Waals surface area contributed by atoms with Crippen molar-refractivity contribution in [3.63, 3.8) is 0 Å². The van der Waals surface area contributed by atoms with Crippen LogP contribution in [0.4, 0.5) is 0 Å². The molecule has 0 atom stereocenters. The van der Waals surface area contributed by atoms with Gasteiger partial charge < -0.3 is 14.5 Å². The Kier molecular flexibility index (Phi) is 5.28. The van der Waals surface area contributed by atoms with Crippen LogP contribution in [0.25, 0.3) is 11.1 Å². The second-order valence-electron chi connectivity index (χ2n) is 6.26. The van der Waals surface area contributed by atoms with Crippen molar-refractivity contribution in [3.05, 3.63) is 81.3 Å². The van der Waals surface area contributed by atoms with Crippen LogP contribution in [0, 0.1) is 25.2 Å². The molecular formula is C22H20N2O3. The zero-order valence-electron chi connectivity index (χ0n) is 15.5. The van der Waals surface area contributed by atoms with Gasteiger partial charge in [0.15, 0.2) is 11.5 Å². The fourth-order valence-corrected chi connectivity index (χ4v) is 2.91. The molecule has 136 valence electrons. The van der Waals surface area contributed by atoms with Crippen LogP contribution >= 0.6 is 0 Å². The van der Waals surface area contributed by atoms with Gasteiger partial charge in [-0.3, -0.25) is 4.79 Å². The first-order chi connectivity index (χ1) is 13.0. The van der Waals surface area contributed by atoms with Gasteiger partial charge in [-0.25, -0.2) is 0 Å². The maximum atomic E-state index is 12.0. The quantitative estimate of drug-likeness (QED) is 0.743. The van der Waals surface area contributed by atoms with Crippen molar-refractivity contribution < 1.29 is 9.47 Å². The molecule has 0 amide bonds. The van der Waals surface area contributed by atoms with E-state index in [2.05, 4.69) is 4.98 Å². The predicted octanol–water partition coefficient (Wildman–Crippen LogP) is 4.12. The number of hydrogen-bond acceptors (Lipinski definition) is 4. The van der Waals surface area contributed by atoms with Crippen LogP contribution in [0.1, 0.15) is 22.4 Å². The molecule has 0 fully saturated rings. The van der Waals surface area contributed by atoms with Gasteiger partial charge in [0.25, 0.3) is 5.56 Å². The van der Waals surface area contributed by atoms with Crippen molar-refractivity contribution >= 4 is 0 Å². The number of nitriles is 1. The third-order valence-electron chi connectivity index (χ3n) is 4.40. The number of benzene rings is 2. The Balaban J connectivity index is 1.95. The minimum absolute atomic E-state index is 0.0798. The maximum absolute atomic E-state index is 12.0. The summed E-state index contributed by atoms with van der Waals surface area (Å²) in [6, 6.07) is 17.2. The highest BCUT2D eigenvalue weighted by Gasteiger charge is 2.13. The first-order valence-electron chi connectivity index (χ1n) is 8.53. The Labute approximate surface area is 157 Å². The van der Waals surface area contributed by atoms with Crippen LogP contribution in [0.5, 0.6) is 11.5 Å². The Morgan fingerprint density at radius 3 is 2.56 bits per heavy atom. The molecule has 0 saturated heterocycles. The van der Waals surface area contributed by atoms with Crippen LogP contribution in [0.3, 0.4) is 0 Å². The highest BCUT2D eigenvalue weighted by Crippen LogP contribution is 2.34. The lowest BCUT2D eigenvalue weighted by atomic mass is 10.0. The number of pyridine rings is 1. The van der Waals surface area contributed by atoms with Gasteiger partial charge in [-0.15, -0.1) is 0 Å². The monoisotopic (exact) mass is 360 g/mol. The third-order valence-corrected chi connectivity index (χ3v) is 4.40. The average Bonchev–Trinajstić information content (AvgIpc) is 2.66. The zero-order valence-corrected chi connectivity index (χ0v) is 15.5. The molecule has 0 saturated carbocycles. The van der Waals surface area contributed by atoms with Crippen molar-refractivity contribution in [2.24, 2.45) is 0 Å². The minimum Gasteiger partial charge on any atom is -0.493 e. The maximum Gasteiger partial charge on any atom is 0.266 e. The Morgan fingerprint density at radius 1 is 1.07 bits per heavy atom. The normalized spacial score (nSPS) is 10.3. The van der Waals surface area contributed by atoms with Crippen molar-refractivity contribution in [1.29, 1.82) is 5.26 Å². The molecule has 3 rings (SSSR count). The first-order valence-corrected chi connectivity index (χ1v) is 8.53. The lowest BCUT2D eigenvalue weighted by Crippen LogP contribution is -2.12. The van der Waals surface area contributed by atoms with E-state index in [1.54, 1.807) is 32.2 Å². The summed E-state index contributed by atoms with van der Waals surface area (Å²) in [5, 5.41) is 9.34. The van der Waals surface area contributed by atoms with Gasteiger partial charge in [-0.2, -0.15) is 5.26 Å². The summed E-state index contributed by atoms with van der Waals surface area (Å²) in [4.78, 5) is 14.7. The molecule has 0 aliphatic rings. The highest BCUT2D eigenvalue weighted by atomic mass is 16.5. The van der Waals surface area contributed by atoms with Gasteiger partial charge in [0.2, 0.25) is 0 Å². The van der Waals surface area contributed by atoms with Gasteiger partial charge in [0, 0.05) is 11.3 Å². The molecule has 0 unspecified atom stereocenters. The predicted molar refractivity (Wildman–Crippen MR) is 104 cm³/mol. The van der Waals surface area contributed by atoms with Crippen LogP contribution < -0.4 is 15.0 Å². The summed E-state index contributed by atoms with van der Waals surface area (Å²) in [7, 11) is 1.56. The fourth-order valence-electron chi connectivity index (χ4n) is 2.91. The number of methoxy groups -OCH3 is 1. The standard InChI is InChI=1S/C22H20N2O3/c1-14-6-4-5-7-17(14)13-27-20-9-8-16(11-21(20)26-3)18-10-15(2)24-22(25)19(18)12-23/h4-11H,13H2,1-3H3,(H,24,25). The van der Waals surface area contributed by atoms with E-state index in [0.29, 0.717) is 29.4 Å². The van der Waals surface area contributed by atoms with Crippen molar-refractivity contribution in [2.75, 3.05) is 7.11 Å². The molecule has 5 heteroatoms. The number of aromatic nitrogens is 1. The van der Waals surface area contributed by atoms with E-state index in [0.717, 1.165) is 16.7 Å². The summed E-state index contributed by atoms with van der Waals surface area (Å²) in [5.41, 5.74) is 3.92. The summed E-state index contributed by atoms with van der Waals surface area (Å²) >= 11 is 0. The second kappa shape index (κ2) is 7.79. The van der Waals surface area contributed by atoms with Crippen molar-refractivity contribution in [3.8, 4) is 28.7 Å². The zero-order chi connectivity index (χ0) is 19.4. The summed E-state index contributed by atoms with van der Waals surface area (Å²) < 4.78 is 11.4. The molecule has 5 nitrogen and oxygen atoms in total. The van der Waals surface area contributed by atoms with E-state index in [9.17, 15) is 10.1 Å². The van der Waals surface area contributed by atoms with Crippen molar-refractivity contribution in [2.45, 2.75) is 20.5 Å². The van der Waals surface area contributed by atoms with Gasteiger partial charge in [-0.05, 0) is 48.7 Å². The highest BCUT2D eigenvalue weighted by molar-refractivity contribution is 5.72. The summed E-state index contributed by atoms with van der Waals surface area (Å²) in [6.45, 7) is 4.25. The number of rotatable bonds is 5. The van der Waals surface area contributed by atoms with E-state index in [1.165, 1.54) is 0 Å². The smallest absolute Gasteiger partial charge is 0.266 e. The third kappa shape index (κ3) is 3.85. The van der Waals surface area contributed by atoms with E-state index >= 15 is 0 Å². The lowest BCUT2D eigenvalue weighted by Gasteiger charge is -2.14. The number of nitrogens with one attached hydrogen (secondary N) is 1. The molecule has 0 bridgehead atoms.